The van der Waals surface area contributed by atoms with Crippen molar-refractivity contribution in [3.05, 3.63) is 22.4 Å². The normalized spacial score (nSPS) is 23.7. The van der Waals surface area contributed by atoms with Crippen LogP contribution in [0.5, 0.6) is 0 Å². The van der Waals surface area contributed by atoms with Crippen molar-refractivity contribution in [2.45, 2.75) is 57.3 Å². The van der Waals surface area contributed by atoms with E-state index < -0.39 is 0 Å². The molecule has 0 aromatic carbocycles. The quantitative estimate of drug-likeness (QED) is 0.907. The molecule has 24 heavy (non-hydrogen) atoms. The van der Waals surface area contributed by atoms with Crippen LogP contribution in [-0.4, -0.2) is 36.3 Å². The van der Waals surface area contributed by atoms with E-state index in [0.717, 1.165) is 51.6 Å². The first-order chi connectivity index (χ1) is 11.6. The molecule has 5 heteroatoms. The molecular weight excluding hydrogens is 320 g/mol. The number of carbonyl (C=O) groups excluding carboxylic acids is 2. The second kappa shape index (κ2) is 7.68. The van der Waals surface area contributed by atoms with Crippen molar-refractivity contribution in [2.75, 3.05) is 19.6 Å². The van der Waals surface area contributed by atoms with Crippen molar-refractivity contribution in [2.24, 2.45) is 5.92 Å². The number of piperidine rings is 1. The highest BCUT2D eigenvalue weighted by Crippen LogP contribution is 2.43. The highest BCUT2D eigenvalue weighted by atomic mass is 32.1. The van der Waals surface area contributed by atoms with Gasteiger partial charge in [0.05, 0.1) is 5.41 Å². The molecule has 1 saturated heterocycles. The van der Waals surface area contributed by atoms with Gasteiger partial charge in [-0.1, -0.05) is 25.3 Å². The van der Waals surface area contributed by atoms with E-state index in [9.17, 15) is 9.59 Å². The zero-order valence-electron chi connectivity index (χ0n) is 14.6. The van der Waals surface area contributed by atoms with Crippen molar-refractivity contribution < 1.29 is 9.59 Å². The number of amides is 2. The summed E-state index contributed by atoms with van der Waals surface area (Å²) in [6, 6.07) is 4.21. The zero-order valence-corrected chi connectivity index (χ0v) is 15.4. The molecule has 2 aliphatic rings. The molecule has 4 nitrogen and oxygen atoms in total. The van der Waals surface area contributed by atoms with Gasteiger partial charge in [-0.3, -0.25) is 9.59 Å². The molecule has 0 radical (unpaired) electrons. The molecule has 2 fully saturated rings. The van der Waals surface area contributed by atoms with Gasteiger partial charge in [0, 0.05) is 31.4 Å². The second-order valence-corrected chi connectivity index (χ2v) is 8.26. The molecule has 0 unspecified atom stereocenters. The second-order valence-electron chi connectivity index (χ2n) is 7.32. The number of hydrogen-bond donors (Lipinski definition) is 1. The fourth-order valence-electron chi connectivity index (χ4n) is 4.28. The van der Waals surface area contributed by atoms with Crippen LogP contribution in [0.15, 0.2) is 17.5 Å². The number of thiophene rings is 1. The molecule has 3 rings (SSSR count). The lowest BCUT2D eigenvalue weighted by Gasteiger charge is -2.42. The fraction of sp³-hybridized carbons (Fsp3) is 0.684. The molecule has 132 valence electrons. The summed E-state index contributed by atoms with van der Waals surface area (Å²) < 4.78 is 0. The van der Waals surface area contributed by atoms with E-state index in [-0.39, 0.29) is 11.3 Å². The van der Waals surface area contributed by atoms with Gasteiger partial charge in [0.2, 0.25) is 11.8 Å². The number of nitrogens with one attached hydrogen (secondary N) is 1. The Kier molecular flexibility index (Phi) is 5.59. The van der Waals surface area contributed by atoms with E-state index in [0.29, 0.717) is 18.4 Å². The summed E-state index contributed by atoms with van der Waals surface area (Å²) in [5.74, 6) is 0.730. The van der Waals surface area contributed by atoms with Gasteiger partial charge < -0.3 is 10.2 Å². The Labute approximate surface area is 148 Å². The van der Waals surface area contributed by atoms with Crippen molar-refractivity contribution in [1.82, 2.24) is 10.2 Å². The van der Waals surface area contributed by atoms with Crippen LogP contribution in [0.2, 0.25) is 0 Å². The number of hydrogen-bond acceptors (Lipinski definition) is 3. The monoisotopic (exact) mass is 348 g/mol. The van der Waals surface area contributed by atoms with Crippen LogP contribution in [0.4, 0.5) is 0 Å². The highest BCUT2D eigenvalue weighted by Gasteiger charge is 2.45. The standard InChI is InChI=1S/C19H28N2O2S/c1-15(22)20-13-16-7-5-11-21(14-16)18(23)19(9-3-2-4-10-19)17-8-6-12-24-17/h6,8,12,16H,2-5,7,9-11,13-14H2,1H3,(H,20,22)/t16-/m1/s1. The third kappa shape index (κ3) is 3.66. The molecule has 0 bridgehead atoms. The fourth-order valence-corrected chi connectivity index (χ4v) is 5.26. The lowest BCUT2D eigenvalue weighted by Crippen LogP contribution is -2.52. The molecular formula is C19H28N2O2S. The maximum absolute atomic E-state index is 13.5. The van der Waals surface area contributed by atoms with Crippen LogP contribution in [0.25, 0.3) is 0 Å². The zero-order chi connectivity index (χ0) is 17.0. The SMILES string of the molecule is CC(=O)NC[C@H]1CCCN(C(=O)C2(c3cccs3)CCCCC2)C1. The summed E-state index contributed by atoms with van der Waals surface area (Å²) in [6.45, 7) is 3.89. The molecule has 1 saturated carbocycles. The van der Waals surface area contributed by atoms with Crippen LogP contribution in [0.3, 0.4) is 0 Å². The van der Waals surface area contributed by atoms with Crippen LogP contribution in [0.1, 0.15) is 56.7 Å². The maximum Gasteiger partial charge on any atom is 0.234 e. The molecule has 2 heterocycles. The molecule has 2 amide bonds. The van der Waals surface area contributed by atoms with E-state index in [1.807, 2.05) is 0 Å². The molecule has 1 aromatic heterocycles. The van der Waals surface area contributed by atoms with Gasteiger partial charge in [0.1, 0.15) is 0 Å². The number of rotatable bonds is 4. The molecule has 1 N–H and O–H groups in total. The van der Waals surface area contributed by atoms with Gasteiger partial charge in [-0.25, -0.2) is 0 Å². The number of carbonyl (C=O) groups is 2. The van der Waals surface area contributed by atoms with E-state index in [4.69, 9.17) is 0 Å². The number of likely N-dealkylation sites (tertiary alicyclic amines) is 1. The highest BCUT2D eigenvalue weighted by molar-refractivity contribution is 7.10. The largest absolute Gasteiger partial charge is 0.356 e. The molecule has 1 aliphatic carbocycles. The average molecular weight is 349 g/mol. The van der Waals surface area contributed by atoms with Crippen LogP contribution in [-0.2, 0) is 15.0 Å². The van der Waals surface area contributed by atoms with Gasteiger partial charge in [-0.05, 0) is 43.0 Å². The van der Waals surface area contributed by atoms with Crippen LogP contribution in [0, 0.1) is 5.92 Å². The summed E-state index contributed by atoms with van der Waals surface area (Å²) >= 11 is 1.73. The first-order valence-corrected chi connectivity index (χ1v) is 10.1. The van der Waals surface area contributed by atoms with E-state index in [1.54, 1.807) is 18.3 Å². The maximum atomic E-state index is 13.5. The molecule has 1 aliphatic heterocycles. The summed E-state index contributed by atoms with van der Waals surface area (Å²) in [5.41, 5.74) is -0.289. The Bertz CT molecular complexity index is 564. The van der Waals surface area contributed by atoms with Crippen molar-refractivity contribution in [3.63, 3.8) is 0 Å². The Morgan fingerprint density at radius 1 is 1.29 bits per heavy atom. The Morgan fingerprint density at radius 2 is 2.08 bits per heavy atom. The summed E-state index contributed by atoms with van der Waals surface area (Å²) in [7, 11) is 0. The molecule has 1 atom stereocenters. The average Bonchev–Trinajstić information content (AvgIpc) is 3.15. The molecule has 1 aromatic rings. The summed E-state index contributed by atoms with van der Waals surface area (Å²) in [6.07, 6.45) is 7.64. The third-order valence-electron chi connectivity index (χ3n) is 5.56. The number of nitrogens with zero attached hydrogens (tertiary/aromatic N) is 1. The van der Waals surface area contributed by atoms with Crippen molar-refractivity contribution >= 4 is 23.2 Å². The minimum Gasteiger partial charge on any atom is -0.356 e. The van der Waals surface area contributed by atoms with Gasteiger partial charge >= 0.3 is 0 Å². The van der Waals surface area contributed by atoms with E-state index >= 15 is 0 Å². The third-order valence-corrected chi connectivity index (χ3v) is 6.63. The summed E-state index contributed by atoms with van der Waals surface area (Å²) in [5, 5.41) is 5.01. The molecule has 0 spiro atoms. The lowest BCUT2D eigenvalue weighted by molar-refractivity contribution is -0.140. The van der Waals surface area contributed by atoms with Gasteiger partial charge in [0.25, 0.3) is 0 Å². The van der Waals surface area contributed by atoms with Gasteiger partial charge in [-0.15, -0.1) is 11.3 Å². The predicted molar refractivity (Wildman–Crippen MR) is 97.1 cm³/mol. The summed E-state index contributed by atoms with van der Waals surface area (Å²) in [4.78, 5) is 28.0. The Morgan fingerprint density at radius 3 is 2.75 bits per heavy atom. The van der Waals surface area contributed by atoms with Crippen molar-refractivity contribution in [3.8, 4) is 0 Å². The first-order valence-electron chi connectivity index (χ1n) is 9.19. The van der Waals surface area contributed by atoms with Crippen LogP contribution < -0.4 is 5.32 Å². The van der Waals surface area contributed by atoms with Crippen molar-refractivity contribution in [1.29, 1.82) is 0 Å². The van der Waals surface area contributed by atoms with E-state index in [1.165, 1.54) is 11.3 Å². The minimum atomic E-state index is -0.289. The smallest absolute Gasteiger partial charge is 0.234 e. The predicted octanol–water partition coefficient (Wildman–Crippen LogP) is 3.32. The van der Waals surface area contributed by atoms with Gasteiger partial charge in [0.15, 0.2) is 0 Å². The van der Waals surface area contributed by atoms with Gasteiger partial charge in [-0.2, -0.15) is 0 Å². The Balaban J connectivity index is 1.74. The van der Waals surface area contributed by atoms with Crippen LogP contribution >= 0.6 is 11.3 Å². The van der Waals surface area contributed by atoms with E-state index in [2.05, 4.69) is 27.7 Å². The topological polar surface area (TPSA) is 49.4 Å². The minimum absolute atomic E-state index is 0.0146. The lowest BCUT2D eigenvalue weighted by atomic mass is 9.71. The first kappa shape index (κ1) is 17.5. The Hall–Kier alpha value is -1.36.